The molecule has 1 atom stereocenters. The molecule has 0 amide bonds. The lowest BCUT2D eigenvalue weighted by Crippen LogP contribution is -2.01. The molecule has 21 heavy (non-hydrogen) atoms. The summed E-state index contributed by atoms with van der Waals surface area (Å²) in [5.41, 5.74) is 0.742. The van der Waals surface area contributed by atoms with Gasteiger partial charge >= 0.3 is 0 Å². The summed E-state index contributed by atoms with van der Waals surface area (Å²) in [4.78, 5) is 0.681. The molecule has 1 N–H and O–H groups in total. The van der Waals surface area contributed by atoms with Crippen LogP contribution in [0.25, 0.3) is 11.1 Å². The van der Waals surface area contributed by atoms with Gasteiger partial charge in [-0.05, 0) is 35.4 Å². The molecule has 1 unspecified atom stereocenters. The summed E-state index contributed by atoms with van der Waals surface area (Å²) in [6, 6.07) is 6.73. The molecule has 2 aromatic carbocycles. The summed E-state index contributed by atoms with van der Waals surface area (Å²) in [7, 11) is 0. The number of aliphatic hydroxyl groups is 1. The van der Waals surface area contributed by atoms with Crippen molar-refractivity contribution >= 4 is 23.4 Å². The molecule has 1 nitrogen and oxygen atoms in total. The number of rotatable bonds is 4. The number of hydrogen-bond donors (Lipinski definition) is 1. The van der Waals surface area contributed by atoms with Gasteiger partial charge < -0.3 is 5.11 Å². The Hall–Kier alpha value is -1.17. The molecule has 0 aliphatic heterocycles. The first kappa shape index (κ1) is 16.2. The molecule has 0 heterocycles. The molecule has 2 aromatic rings. The Labute approximate surface area is 129 Å². The fourth-order valence-corrected chi connectivity index (χ4v) is 2.88. The second-order valence-electron chi connectivity index (χ2n) is 4.51. The van der Waals surface area contributed by atoms with Gasteiger partial charge in [0.25, 0.3) is 0 Å². The van der Waals surface area contributed by atoms with Crippen LogP contribution in [0.1, 0.15) is 6.92 Å². The van der Waals surface area contributed by atoms with Gasteiger partial charge in [0.2, 0.25) is 0 Å². The van der Waals surface area contributed by atoms with Gasteiger partial charge in [-0.25, -0.2) is 13.2 Å². The van der Waals surface area contributed by atoms with E-state index in [1.807, 2.05) is 6.92 Å². The van der Waals surface area contributed by atoms with Crippen molar-refractivity contribution in [2.24, 2.45) is 0 Å². The molecular weight excluding hydrogens is 321 g/mol. The fourth-order valence-electron chi connectivity index (χ4n) is 1.75. The highest BCUT2D eigenvalue weighted by molar-refractivity contribution is 8.00. The maximum Gasteiger partial charge on any atom is 0.194 e. The second kappa shape index (κ2) is 6.73. The third-order valence-electron chi connectivity index (χ3n) is 2.83. The monoisotopic (exact) mass is 332 g/mol. The lowest BCUT2D eigenvalue weighted by Gasteiger charge is -2.11. The van der Waals surface area contributed by atoms with E-state index in [0.29, 0.717) is 15.5 Å². The predicted molar refractivity (Wildman–Crippen MR) is 79.2 cm³/mol. The van der Waals surface area contributed by atoms with Gasteiger partial charge in [0.15, 0.2) is 17.5 Å². The number of benzene rings is 2. The molecule has 6 heteroatoms. The van der Waals surface area contributed by atoms with Crippen molar-refractivity contribution in [2.75, 3.05) is 6.61 Å². The van der Waals surface area contributed by atoms with Gasteiger partial charge in [-0.2, -0.15) is 0 Å². The zero-order valence-corrected chi connectivity index (χ0v) is 12.6. The van der Waals surface area contributed by atoms with Crippen molar-refractivity contribution in [3.63, 3.8) is 0 Å². The van der Waals surface area contributed by atoms with Crippen LogP contribution in [-0.4, -0.2) is 17.0 Å². The van der Waals surface area contributed by atoms with Crippen molar-refractivity contribution in [1.29, 1.82) is 0 Å². The van der Waals surface area contributed by atoms with E-state index in [1.165, 1.54) is 11.8 Å². The molecule has 0 saturated carbocycles. The minimum absolute atomic E-state index is 0.0228. The smallest absolute Gasteiger partial charge is 0.194 e. The predicted octanol–water partition coefficient (Wildman–Crippen LogP) is 4.90. The van der Waals surface area contributed by atoms with Gasteiger partial charge in [0, 0.05) is 10.1 Å². The minimum atomic E-state index is -1.49. The normalized spacial score (nSPS) is 12.5. The summed E-state index contributed by atoms with van der Waals surface area (Å²) in [6.07, 6.45) is 0. The minimum Gasteiger partial charge on any atom is -0.395 e. The van der Waals surface area contributed by atoms with E-state index < -0.39 is 17.5 Å². The van der Waals surface area contributed by atoms with E-state index in [1.54, 1.807) is 18.2 Å². The van der Waals surface area contributed by atoms with Crippen LogP contribution >= 0.6 is 23.4 Å². The molecule has 112 valence electrons. The molecular formula is C15H12ClF3OS. The highest BCUT2D eigenvalue weighted by Gasteiger charge is 2.13. The van der Waals surface area contributed by atoms with Crippen LogP contribution in [-0.2, 0) is 0 Å². The van der Waals surface area contributed by atoms with Gasteiger partial charge in [0.05, 0.1) is 11.6 Å². The Morgan fingerprint density at radius 2 is 1.71 bits per heavy atom. The van der Waals surface area contributed by atoms with Crippen LogP contribution < -0.4 is 0 Å². The van der Waals surface area contributed by atoms with Crippen LogP contribution in [0.2, 0.25) is 5.02 Å². The van der Waals surface area contributed by atoms with Crippen molar-refractivity contribution in [2.45, 2.75) is 17.1 Å². The van der Waals surface area contributed by atoms with E-state index in [0.717, 1.165) is 12.1 Å². The third-order valence-corrected chi connectivity index (χ3v) is 4.42. The average Bonchev–Trinajstić information content (AvgIpc) is 2.46. The average molecular weight is 333 g/mol. The molecule has 2 rings (SSSR count). The number of aliphatic hydroxyl groups excluding tert-OH is 1. The maximum absolute atomic E-state index is 13.3. The lowest BCUT2D eigenvalue weighted by atomic mass is 10.1. The summed E-state index contributed by atoms with van der Waals surface area (Å²) in [6.45, 7) is 1.80. The first-order valence-electron chi connectivity index (χ1n) is 6.14. The topological polar surface area (TPSA) is 20.2 Å². The van der Waals surface area contributed by atoms with Crippen LogP contribution in [0, 0.1) is 17.5 Å². The quantitative estimate of drug-likeness (QED) is 0.635. The second-order valence-corrected chi connectivity index (χ2v) is 6.40. The zero-order chi connectivity index (χ0) is 15.6. The zero-order valence-electron chi connectivity index (χ0n) is 11.0. The first-order valence-corrected chi connectivity index (χ1v) is 7.40. The Kier molecular flexibility index (Phi) is 5.19. The number of hydrogen-bond acceptors (Lipinski definition) is 2. The Bertz CT molecular complexity index is 640. The molecule has 0 spiro atoms. The molecule has 0 bridgehead atoms. The van der Waals surface area contributed by atoms with Crippen LogP contribution in [0.4, 0.5) is 13.2 Å². The van der Waals surface area contributed by atoms with Crippen molar-refractivity contribution in [3.05, 3.63) is 52.8 Å². The van der Waals surface area contributed by atoms with Crippen LogP contribution in [0.5, 0.6) is 0 Å². The Morgan fingerprint density at radius 1 is 1.10 bits per heavy atom. The Balaban J connectivity index is 2.43. The highest BCUT2D eigenvalue weighted by Crippen LogP contribution is 2.34. The molecule has 0 radical (unpaired) electrons. The number of thioether (sulfide) groups is 1. The SMILES string of the molecule is CC(CO)Sc1cc(-c2cc(F)c(F)c(F)c2)ccc1Cl. The van der Waals surface area contributed by atoms with Gasteiger partial charge in [-0.15, -0.1) is 11.8 Å². The van der Waals surface area contributed by atoms with E-state index in [9.17, 15) is 13.2 Å². The highest BCUT2D eigenvalue weighted by atomic mass is 35.5. The fraction of sp³-hybridized carbons (Fsp3) is 0.200. The van der Waals surface area contributed by atoms with E-state index in [-0.39, 0.29) is 17.4 Å². The molecule has 0 aromatic heterocycles. The summed E-state index contributed by atoms with van der Waals surface area (Å²) in [5, 5.41) is 9.48. The number of halogens is 4. The summed E-state index contributed by atoms with van der Waals surface area (Å²) in [5.74, 6) is -3.97. The summed E-state index contributed by atoms with van der Waals surface area (Å²) < 4.78 is 39.6. The largest absolute Gasteiger partial charge is 0.395 e. The van der Waals surface area contributed by atoms with Crippen molar-refractivity contribution in [3.8, 4) is 11.1 Å². The molecule has 0 fully saturated rings. The first-order chi connectivity index (χ1) is 9.92. The lowest BCUT2D eigenvalue weighted by molar-refractivity contribution is 0.300. The van der Waals surface area contributed by atoms with Gasteiger partial charge in [0.1, 0.15) is 0 Å². The maximum atomic E-state index is 13.3. The van der Waals surface area contributed by atoms with E-state index in [2.05, 4.69) is 0 Å². The third kappa shape index (κ3) is 3.73. The molecule has 0 aliphatic rings. The molecule has 0 aliphatic carbocycles. The van der Waals surface area contributed by atoms with E-state index >= 15 is 0 Å². The van der Waals surface area contributed by atoms with E-state index in [4.69, 9.17) is 16.7 Å². The van der Waals surface area contributed by atoms with Crippen molar-refractivity contribution in [1.82, 2.24) is 0 Å². The van der Waals surface area contributed by atoms with Crippen LogP contribution in [0.3, 0.4) is 0 Å². The summed E-state index contributed by atoms with van der Waals surface area (Å²) >= 11 is 7.41. The van der Waals surface area contributed by atoms with Gasteiger partial charge in [-0.1, -0.05) is 24.6 Å². The Morgan fingerprint density at radius 3 is 2.29 bits per heavy atom. The van der Waals surface area contributed by atoms with Crippen LogP contribution in [0.15, 0.2) is 35.2 Å². The van der Waals surface area contributed by atoms with Gasteiger partial charge in [-0.3, -0.25) is 0 Å². The standard InChI is InChI=1S/C15H12ClF3OS/c1-8(7-20)21-14-6-9(2-3-11(14)16)10-4-12(17)15(19)13(18)5-10/h2-6,8,20H,7H2,1H3. The molecule has 0 saturated heterocycles. The van der Waals surface area contributed by atoms with Crippen molar-refractivity contribution < 1.29 is 18.3 Å².